The van der Waals surface area contributed by atoms with Gasteiger partial charge < -0.3 is 19.3 Å². The molecule has 0 spiro atoms. The molecule has 1 N–H and O–H groups in total. The molecular formula is C53H46O8. The van der Waals surface area contributed by atoms with Gasteiger partial charge in [-0.1, -0.05) is 170 Å². The van der Waals surface area contributed by atoms with Crippen molar-refractivity contribution in [1.82, 2.24) is 0 Å². The molecule has 8 rings (SSSR count). The average Bonchev–Trinajstić information content (AvgIpc) is 3.80. The highest BCUT2D eigenvalue weighted by Crippen LogP contribution is 2.46. The largest absolute Gasteiger partial charge is 0.478 e. The number of esters is 3. The van der Waals surface area contributed by atoms with Gasteiger partial charge in [0, 0.05) is 23.0 Å². The number of aliphatic carboxylic acids is 1. The Morgan fingerprint density at radius 2 is 0.820 bits per heavy atom. The third-order valence-electron chi connectivity index (χ3n) is 11.1. The number of ether oxygens (including phenoxy) is 3. The van der Waals surface area contributed by atoms with Gasteiger partial charge in [0.05, 0.1) is 12.8 Å². The number of benzene rings is 6. The maximum Gasteiger partial charge on any atom is 0.335 e. The SMILES string of the molecule is C/C=C(\CC(=O)OCC1c2ccccc2-c2ccccc21)C(=O)O.C/C=C(\CC(=O)OCC1c2ccccc2-c2ccccc21)C(=O)OC(c1ccccc1)c1ccccc1. The number of hydrogen-bond acceptors (Lipinski definition) is 7. The minimum atomic E-state index is -1.09. The van der Waals surface area contributed by atoms with Crippen molar-refractivity contribution in [3.63, 3.8) is 0 Å². The molecule has 0 bridgehead atoms. The van der Waals surface area contributed by atoms with Gasteiger partial charge in [-0.25, -0.2) is 9.59 Å². The zero-order valence-electron chi connectivity index (χ0n) is 34.0. The van der Waals surface area contributed by atoms with E-state index in [1.54, 1.807) is 19.9 Å². The fourth-order valence-corrected chi connectivity index (χ4v) is 8.00. The standard InChI is InChI=1S/C33H28O4.C20H18O4/c1-2-23(33(35)37-32(24-13-5-3-6-14-24)25-15-7-4-8-16-25)21-31(34)36-22-30-28-19-11-9-17-26(28)27-18-10-12-20-29(27)30;1-2-13(20(22)23)11-19(21)24-12-18-16-9-5-3-7-14(16)15-8-4-6-10-17(15)18/h2-20,30,32H,21-22H2,1H3;2-10,18H,11-12H2,1H3,(H,22,23)/b23-2+;13-2+. The molecule has 2 aliphatic rings. The van der Waals surface area contributed by atoms with Crippen molar-refractivity contribution >= 4 is 23.9 Å². The van der Waals surface area contributed by atoms with Gasteiger partial charge in [0.15, 0.2) is 6.10 Å². The number of fused-ring (bicyclic) bond motifs is 6. The molecule has 306 valence electrons. The Kier molecular flexibility index (Phi) is 13.5. The Morgan fingerprint density at radius 3 is 1.16 bits per heavy atom. The number of rotatable bonds is 13. The second kappa shape index (κ2) is 19.6. The van der Waals surface area contributed by atoms with Crippen molar-refractivity contribution in [3.8, 4) is 22.3 Å². The van der Waals surface area contributed by atoms with Crippen molar-refractivity contribution < 1.29 is 38.5 Å². The van der Waals surface area contributed by atoms with Crippen molar-refractivity contribution in [1.29, 1.82) is 0 Å². The first-order chi connectivity index (χ1) is 29.8. The first kappa shape index (κ1) is 41.8. The molecule has 6 aromatic rings. The Morgan fingerprint density at radius 1 is 0.492 bits per heavy atom. The van der Waals surface area contributed by atoms with Gasteiger partial charge >= 0.3 is 23.9 Å². The lowest BCUT2D eigenvalue weighted by atomic mass is 9.98. The minimum absolute atomic E-state index is 0.0137. The van der Waals surface area contributed by atoms with E-state index in [2.05, 4.69) is 36.4 Å². The molecule has 0 heterocycles. The molecule has 0 amide bonds. The van der Waals surface area contributed by atoms with E-state index in [0.717, 1.165) is 44.5 Å². The number of carbonyl (C=O) groups is 4. The minimum Gasteiger partial charge on any atom is -0.478 e. The molecule has 8 nitrogen and oxygen atoms in total. The van der Waals surface area contributed by atoms with Crippen LogP contribution in [0.1, 0.15) is 78.0 Å². The van der Waals surface area contributed by atoms with E-state index in [-0.39, 0.29) is 49.0 Å². The summed E-state index contributed by atoms with van der Waals surface area (Å²) in [6.45, 7) is 3.76. The molecule has 0 radical (unpaired) electrons. The van der Waals surface area contributed by atoms with Crippen LogP contribution in [0.15, 0.2) is 181 Å². The third kappa shape index (κ3) is 9.61. The number of carboxylic acid groups (broad SMARTS) is 1. The van der Waals surface area contributed by atoms with Crippen LogP contribution >= 0.6 is 0 Å². The lowest BCUT2D eigenvalue weighted by Crippen LogP contribution is -2.18. The maximum atomic E-state index is 13.2. The van der Waals surface area contributed by atoms with E-state index in [9.17, 15) is 19.2 Å². The lowest BCUT2D eigenvalue weighted by Gasteiger charge is -2.20. The van der Waals surface area contributed by atoms with Gasteiger partial charge in [-0.2, -0.15) is 0 Å². The molecule has 0 atom stereocenters. The molecule has 2 aliphatic carbocycles. The summed E-state index contributed by atoms with van der Waals surface area (Å²) in [6.07, 6.45) is 2.09. The second-order valence-electron chi connectivity index (χ2n) is 14.7. The molecule has 0 fully saturated rings. The van der Waals surface area contributed by atoms with Crippen molar-refractivity contribution in [2.45, 2.75) is 44.6 Å². The smallest absolute Gasteiger partial charge is 0.335 e. The van der Waals surface area contributed by atoms with E-state index in [0.29, 0.717) is 0 Å². The molecule has 0 aliphatic heterocycles. The molecule has 6 aromatic carbocycles. The van der Waals surface area contributed by atoms with Crippen molar-refractivity contribution in [2.24, 2.45) is 0 Å². The second-order valence-corrected chi connectivity index (χ2v) is 14.7. The van der Waals surface area contributed by atoms with E-state index in [1.165, 1.54) is 17.2 Å². The third-order valence-corrected chi connectivity index (χ3v) is 11.1. The van der Waals surface area contributed by atoms with Crippen LogP contribution in [-0.2, 0) is 33.4 Å². The summed E-state index contributed by atoms with van der Waals surface area (Å²) in [4.78, 5) is 49.0. The van der Waals surface area contributed by atoms with E-state index >= 15 is 0 Å². The molecule has 0 saturated carbocycles. The Hall–Kier alpha value is -7.32. The van der Waals surface area contributed by atoms with Crippen LogP contribution in [0.3, 0.4) is 0 Å². The van der Waals surface area contributed by atoms with E-state index in [4.69, 9.17) is 19.3 Å². The molecule has 8 heteroatoms. The van der Waals surface area contributed by atoms with Gasteiger partial charge in [0.25, 0.3) is 0 Å². The molecule has 0 unspecified atom stereocenters. The first-order valence-electron chi connectivity index (χ1n) is 20.3. The Labute approximate surface area is 355 Å². The summed E-state index contributed by atoms with van der Waals surface area (Å²) in [6, 6.07) is 51.7. The lowest BCUT2D eigenvalue weighted by molar-refractivity contribution is -0.148. The van der Waals surface area contributed by atoms with Crippen molar-refractivity contribution in [2.75, 3.05) is 13.2 Å². The topological polar surface area (TPSA) is 116 Å². The maximum absolute atomic E-state index is 13.2. The summed E-state index contributed by atoms with van der Waals surface area (Å²) in [5, 5.41) is 8.99. The molecular weight excluding hydrogens is 765 g/mol. The average molecular weight is 811 g/mol. The van der Waals surface area contributed by atoms with Gasteiger partial charge in [-0.3, -0.25) is 9.59 Å². The zero-order chi connectivity index (χ0) is 42.7. The molecule has 61 heavy (non-hydrogen) atoms. The molecule has 0 saturated heterocycles. The number of allylic oxidation sites excluding steroid dienone is 2. The summed E-state index contributed by atoms with van der Waals surface area (Å²) in [5.41, 5.74) is 11.3. The zero-order valence-corrected chi connectivity index (χ0v) is 34.0. The quantitative estimate of drug-likeness (QED) is 0.0696. The number of carbonyl (C=O) groups excluding carboxylic acids is 3. The van der Waals surface area contributed by atoms with E-state index in [1.807, 2.05) is 121 Å². The van der Waals surface area contributed by atoms with Crippen LogP contribution < -0.4 is 0 Å². The summed E-state index contributed by atoms with van der Waals surface area (Å²) in [7, 11) is 0. The Balaban J connectivity index is 0.000000202. The van der Waals surface area contributed by atoms with Crippen LogP contribution in [0.5, 0.6) is 0 Å². The van der Waals surface area contributed by atoms with Gasteiger partial charge in [-0.05, 0) is 69.5 Å². The Bertz CT molecular complexity index is 2460. The highest BCUT2D eigenvalue weighted by Gasteiger charge is 2.31. The summed E-state index contributed by atoms with van der Waals surface area (Å²) < 4.78 is 17.0. The van der Waals surface area contributed by atoms with Crippen LogP contribution in [0.25, 0.3) is 22.3 Å². The highest BCUT2D eigenvalue weighted by molar-refractivity contribution is 5.94. The number of hydrogen-bond donors (Lipinski definition) is 1. The summed E-state index contributed by atoms with van der Waals surface area (Å²) >= 11 is 0. The van der Waals surface area contributed by atoms with Crippen LogP contribution in [0.4, 0.5) is 0 Å². The molecule has 0 aromatic heterocycles. The van der Waals surface area contributed by atoms with Gasteiger partial charge in [0.1, 0.15) is 13.2 Å². The number of carboxylic acids is 1. The predicted octanol–water partition coefficient (Wildman–Crippen LogP) is 10.8. The predicted molar refractivity (Wildman–Crippen MR) is 235 cm³/mol. The fraction of sp³-hybridized carbons (Fsp3) is 0.170. The van der Waals surface area contributed by atoms with Crippen LogP contribution in [0, 0.1) is 0 Å². The van der Waals surface area contributed by atoms with Gasteiger partial charge in [-0.15, -0.1) is 0 Å². The van der Waals surface area contributed by atoms with Crippen LogP contribution in [-0.4, -0.2) is 42.2 Å². The monoisotopic (exact) mass is 810 g/mol. The van der Waals surface area contributed by atoms with Crippen molar-refractivity contribution in [3.05, 3.63) is 214 Å². The first-order valence-corrected chi connectivity index (χ1v) is 20.3. The fourth-order valence-electron chi connectivity index (χ4n) is 8.00. The summed E-state index contributed by atoms with van der Waals surface area (Å²) in [5.74, 6) is -2.65. The normalized spacial score (nSPS) is 12.9. The van der Waals surface area contributed by atoms with Gasteiger partial charge in [0.2, 0.25) is 0 Å². The van der Waals surface area contributed by atoms with E-state index < -0.39 is 30.0 Å². The highest BCUT2D eigenvalue weighted by atomic mass is 16.5. The van der Waals surface area contributed by atoms with Crippen LogP contribution in [0.2, 0.25) is 0 Å².